The molecule has 0 aromatic heterocycles. The average Bonchev–Trinajstić information content (AvgIpc) is 2.73. The van der Waals surface area contributed by atoms with Crippen LogP contribution in [0.4, 0.5) is 5.69 Å². The predicted octanol–water partition coefficient (Wildman–Crippen LogP) is 5.89. The number of hydrogen-bond acceptors (Lipinski definition) is 3. The number of aryl methyl sites for hydroxylation is 1. The maximum Gasteiger partial charge on any atom is 0.248 e. The minimum absolute atomic E-state index is 0.222. The zero-order valence-corrected chi connectivity index (χ0v) is 17.1. The molecule has 0 fully saturated rings. The quantitative estimate of drug-likeness (QED) is 0.497. The first-order valence-electron chi connectivity index (χ1n) is 9.15. The summed E-state index contributed by atoms with van der Waals surface area (Å²) in [5.41, 5.74) is 3.61. The molecule has 3 rings (SSSR count). The van der Waals surface area contributed by atoms with Crippen LogP contribution in [0.5, 0.6) is 11.5 Å². The number of methoxy groups -OCH3 is 1. The Balaban J connectivity index is 1.73. The molecule has 0 spiro atoms. The van der Waals surface area contributed by atoms with Crippen molar-refractivity contribution < 1.29 is 14.3 Å². The number of carbonyl (C=O) groups is 1. The van der Waals surface area contributed by atoms with Crippen molar-refractivity contribution in [3.05, 3.63) is 94.5 Å². The van der Waals surface area contributed by atoms with Crippen molar-refractivity contribution in [3.8, 4) is 11.5 Å². The summed E-state index contributed by atoms with van der Waals surface area (Å²) < 4.78 is 11.4. The molecule has 0 atom stereocenters. The molecule has 0 radical (unpaired) electrons. The van der Waals surface area contributed by atoms with Crippen LogP contribution < -0.4 is 14.8 Å². The molecule has 4 nitrogen and oxygen atoms in total. The Morgan fingerprint density at radius 2 is 1.76 bits per heavy atom. The summed E-state index contributed by atoms with van der Waals surface area (Å²) in [6.07, 6.45) is 3.19. The van der Waals surface area contributed by atoms with E-state index >= 15 is 0 Å². The van der Waals surface area contributed by atoms with Gasteiger partial charge in [-0.05, 0) is 48.9 Å². The number of hydrogen-bond donors (Lipinski definition) is 1. The van der Waals surface area contributed by atoms with Crippen LogP contribution >= 0.6 is 11.6 Å². The van der Waals surface area contributed by atoms with Gasteiger partial charge in [-0.1, -0.05) is 53.6 Å². The zero-order chi connectivity index (χ0) is 20.6. The molecule has 0 aliphatic heterocycles. The fourth-order valence-electron chi connectivity index (χ4n) is 2.70. The molecule has 0 aliphatic rings. The van der Waals surface area contributed by atoms with E-state index in [0.717, 1.165) is 22.4 Å². The molecular weight excluding hydrogens is 386 g/mol. The molecule has 0 saturated carbocycles. The lowest BCUT2D eigenvalue weighted by Gasteiger charge is -2.13. The van der Waals surface area contributed by atoms with Crippen molar-refractivity contribution in [2.45, 2.75) is 13.5 Å². The SMILES string of the molecule is COc1cccc(/C=C/C(=O)Nc2ccc(C)cc2)c1OCc1ccc(Cl)cc1. The van der Waals surface area contributed by atoms with Gasteiger partial charge in [0.05, 0.1) is 7.11 Å². The molecule has 3 aromatic rings. The lowest BCUT2D eigenvalue weighted by molar-refractivity contribution is -0.111. The van der Waals surface area contributed by atoms with Gasteiger partial charge in [-0.3, -0.25) is 4.79 Å². The highest BCUT2D eigenvalue weighted by atomic mass is 35.5. The normalized spacial score (nSPS) is 10.7. The number of anilines is 1. The van der Waals surface area contributed by atoms with Crippen molar-refractivity contribution in [1.82, 2.24) is 0 Å². The van der Waals surface area contributed by atoms with E-state index in [1.165, 1.54) is 6.08 Å². The lowest BCUT2D eigenvalue weighted by Crippen LogP contribution is -2.07. The van der Waals surface area contributed by atoms with Crippen LogP contribution in [-0.2, 0) is 11.4 Å². The Bertz CT molecular complexity index is 996. The highest BCUT2D eigenvalue weighted by molar-refractivity contribution is 6.30. The Labute approximate surface area is 175 Å². The van der Waals surface area contributed by atoms with Crippen molar-refractivity contribution in [2.24, 2.45) is 0 Å². The molecule has 0 bridgehead atoms. The zero-order valence-electron chi connectivity index (χ0n) is 16.3. The molecule has 148 valence electrons. The average molecular weight is 408 g/mol. The fourth-order valence-corrected chi connectivity index (χ4v) is 2.83. The van der Waals surface area contributed by atoms with E-state index in [1.54, 1.807) is 13.2 Å². The molecular formula is C24H22ClNO3. The highest BCUT2D eigenvalue weighted by Gasteiger charge is 2.10. The first kappa shape index (κ1) is 20.5. The molecule has 3 aromatic carbocycles. The minimum Gasteiger partial charge on any atom is -0.493 e. The first-order valence-corrected chi connectivity index (χ1v) is 9.53. The third-order valence-electron chi connectivity index (χ3n) is 4.26. The number of ether oxygens (including phenoxy) is 2. The first-order chi connectivity index (χ1) is 14.0. The fraction of sp³-hybridized carbons (Fsp3) is 0.125. The number of para-hydroxylation sites is 1. The molecule has 0 aliphatic carbocycles. The summed E-state index contributed by atoms with van der Waals surface area (Å²) in [6.45, 7) is 2.35. The molecule has 0 saturated heterocycles. The standard InChI is InChI=1S/C24H22ClNO3/c1-17-6-13-21(14-7-17)26-23(27)15-10-19-4-3-5-22(28-2)24(19)29-16-18-8-11-20(25)12-9-18/h3-15H,16H2,1-2H3,(H,26,27)/b15-10+. The van der Waals surface area contributed by atoms with Gasteiger partial charge in [-0.2, -0.15) is 0 Å². The number of halogens is 1. The van der Waals surface area contributed by atoms with Crippen LogP contribution in [0.25, 0.3) is 6.08 Å². The summed E-state index contributed by atoms with van der Waals surface area (Å²) in [5.74, 6) is 0.949. The van der Waals surface area contributed by atoms with Gasteiger partial charge in [-0.25, -0.2) is 0 Å². The number of rotatable bonds is 7. The number of carbonyl (C=O) groups excluding carboxylic acids is 1. The largest absolute Gasteiger partial charge is 0.493 e. The van der Waals surface area contributed by atoms with Gasteiger partial charge in [-0.15, -0.1) is 0 Å². The molecule has 1 N–H and O–H groups in total. The molecule has 0 heterocycles. The van der Waals surface area contributed by atoms with Crippen molar-refractivity contribution >= 4 is 29.3 Å². The van der Waals surface area contributed by atoms with Crippen LogP contribution in [-0.4, -0.2) is 13.0 Å². The van der Waals surface area contributed by atoms with Crippen LogP contribution in [0, 0.1) is 6.92 Å². The monoisotopic (exact) mass is 407 g/mol. The van der Waals surface area contributed by atoms with E-state index in [0.29, 0.717) is 23.1 Å². The van der Waals surface area contributed by atoms with Gasteiger partial charge in [0.1, 0.15) is 6.61 Å². The van der Waals surface area contributed by atoms with Gasteiger partial charge in [0, 0.05) is 22.3 Å². The van der Waals surface area contributed by atoms with Gasteiger partial charge >= 0.3 is 0 Å². The van der Waals surface area contributed by atoms with Gasteiger partial charge in [0.25, 0.3) is 0 Å². The Morgan fingerprint density at radius 3 is 2.45 bits per heavy atom. The summed E-state index contributed by atoms with van der Waals surface area (Å²) in [4.78, 5) is 12.3. The van der Waals surface area contributed by atoms with Crippen molar-refractivity contribution in [3.63, 3.8) is 0 Å². The van der Waals surface area contributed by atoms with Crippen molar-refractivity contribution in [1.29, 1.82) is 0 Å². The smallest absolute Gasteiger partial charge is 0.248 e. The van der Waals surface area contributed by atoms with Gasteiger partial charge in [0.15, 0.2) is 11.5 Å². The maximum absolute atomic E-state index is 12.3. The van der Waals surface area contributed by atoms with E-state index in [9.17, 15) is 4.79 Å². The Kier molecular flexibility index (Phi) is 6.93. The second-order valence-corrected chi connectivity index (χ2v) is 6.92. The maximum atomic E-state index is 12.3. The van der Waals surface area contributed by atoms with Crippen LogP contribution in [0.3, 0.4) is 0 Å². The minimum atomic E-state index is -0.222. The van der Waals surface area contributed by atoms with E-state index in [4.69, 9.17) is 21.1 Å². The van der Waals surface area contributed by atoms with E-state index < -0.39 is 0 Å². The second-order valence-electron chi connectivity index (χ2n) is 6.48. The second kappa shape index (κ2) is 9.80. The van der Waals surface area contributed by atoms with E-state index in [2.05, 4.69) is 5.32 Å². The number of nitrogens with one attached hydrogen (secondary N) is 1. The summed E-state index contributed by atoms with van der Waals surface area (Å²) in [7, 11) is 1.59. The summed E-state index contributed by atoms with van der Waals surface area (Å²) >= 11 is 5.93. The molecule has 5 heteroatoms. The van der Waals surface area contributed by atoms with Crippen LogP contribution in [0.15, 0.2) is 72.8 Å². The van der Waals surface area contributed by atoms with Gasteiger partial charge in [0.2, 0.25) is 5.91 Å². The van der Waals surface area contributed by atoms with Gasteiger partial charge < -0.3 is 14.8 Å². The highest BCUT2D eigenvalue weighted by Crippen LogP contribution is 2.32. The topological polar surface area (TPSA) is 47.6 Å². The van der Waals surface area contributed by atoms with Crippen LogP contribution in [0.2, 0.25) is 5.02 Å². The van der Waals surface area contributed by atoms with E-state index in [-0.39, 0.29) is 5.91 Å². The Hall–Kier alpha value is -3.24. The third kappa shape index (κ3) is 5.87. The van der Waals surface area contributed by atoms with E-state index in [1.807, 2.05) is 73.7 Å². The number of benzene rings is 3. The Morgan fingerprint density at radius 1 is 1.03 bits per heavy atom. The van der Waals surface area contributed by atoms with Crippen LogP contribution in [0.1, 0.15) is 16.7 Å². The van der Waals surface area contributed by atoms with Crippen molar-refractivity contribution in [2.75, 3.05) is 12.4 Å². The summed E-state index contributed by atoms with van der Waals surface area (Å²) in [5, 5.41) is 3.52. The molecule has 0 unspecified atom stereocenters. The predicted molar refractivity (Wildman–Crippen MR) is 118 cm³/mol. The summed E-state index contributed by atoms with van der Waals surface area (Å²) in [6, 6.07) is 20.6. The lowest BCUT2D eigenvalue weighted by atomic mass is 10.1. The third-order valence-corrected chi connectivity index (χ3v) is 4.51. The molecule has 1 amide bonds. The molecule has 29 heavy (non-hydrogen) atoms. The number of amides is 1.